The van der Waals surface area contributed by atoms with Crippen molar-refractivity contribution in [2.45, 2.75) is 19.6 Å². The molecule has 0 aliphatic heterocycles. The minimum absolute atomic E-state index is 0.317. The van der Waals surface area contributed by atoms with Crippen molar-refractivity contribution in [1.82, 2.24) is 5.32 Å². The van der Waals surface area contributed by atoms with E-state index in [4.69, 9.17) is 9.41 Å². The Labute approximate surface area is 320 Å². The van der Waals surface area contributed by atoms with Crippen molar-refractivity contribution in [2.24, 2.45) is 4.99 Å². The van der Waals surface area contributed by atoms with E-state index >= 15 is 0 Å². The predicted molar refractivity (Wildman–Crippen MR) is 232 cm³/mol. The molecule has 1 N–H and O–H groups in total. The van der Waals surface area contributed by atoms with Gasteiger partial charge in [0.1, 0.15) is 17.3 Å². The van der Waals surface area contributed by atoms with Gasteiger partial charge in [0.05, 0.1) is 0 Å². The van der Waals surface area contributed by atoms with Crippen LogP contribution in [-0.2, 0) is 6.54 Å². The second-order valence-corrected chi connectivity index (χ2v) is 14.3. The molecule has 1 heterocycles. The third kappa shape index (κ3) is 5.96. The number of nitrogens with one attached hydrogen (secondary N) is 1. The van der Waals surface area contributed by atoms with Gasteiger partial charge in [-0.15, -0.1) is 0 Å². The van der Waals surface area contributed by atoms with E-state index in [0.29, 0.717) is 6.54 Å². The van der Waals surface area contributed by atoms with Crippen LogP contribution < -0.4 is 5.32 Å². The third-order valence-corrected chi connectivity index (χ3v) is 11.0. The van der Waals surface area contributed by atoms with Crippen LogP contribution in [0.4, 0.5) is 0 Å². The zero-order valence-corrected chi connectivity index (χ0v) is 30.5. The summed E-state index contributed by atoms with van der Waals surface area (Å²) in [5, 5.41) is 13.6. The van der Waals surface area contributed by atoms with Crippen molar-refractivity contribution in [3.05, 3.63) is 205 Å². The summed E-state index contributed by atoms with van der Waals surface area (Å²) in [5.74, 6) is 0. The number of para-hydroxylation sites is 1. The molecule has 1 aromatic heterocycles. The van der Waals surface area contributed by atoms with Crippen LogP contribution >= 0.6 is 0 Å². The van der Waals surface area contributed by atoms with E-state index in [1.54, 1.807) is 0 Å². The monoisotopic (exact) mass is 706 g/mol. The van der Waals surface area contributed by atoms with Crippen molar-refractivity contribution >= 4 is 60.0 Å². The quantitative estimate of drug-likeness (QED) is 0.126. The van der Waals surface area contributed by atoms with Gasteiger partial charge in [-0.25, -0.2) is 0 Å². The minimum atomic E-state index is -0.317. The number of benzene rings is 9. The molecule has 55 heavy (non-hydrogen) atoms. The molecule has 0 aliphatic carbocycles. The third-order valence-electron chi connectivity index (χ3n) is 11.0. The molecular formula is C52H38N2O. The molecule has 262 valence electrons. The first-order chi connectivity index (χ1) is 27.2. The zero-order chi connectivity index (χ0) is 36.7. The minimum Gasteiger partial charge on any atom is -0.455 e. The number of aliphatic imine (C=N–C) groups is 1. The highest BCUT2D eigenvalue weighted by Crippen LogP contribution is 2.42. The Hall–Kier alpha value is -6.81. The molecule has 9 aromatic carbocycles. The van der Waals surface area contributed by atoms with Crippen molar-refractivity contribution in [3.63, 3.8) is 0 Å². The molecule has 0 spiro atoms. The second kappa shape index (κ2) is 13.9. The summed E-state index contributed by atoms with van der Waals surface area (Å²) in [5.41, 5.74) is 10.7. The van der Waals surface area contributed by atoms with E-state index < -0.39 is 0 Å². The predicted octanol–water partition coefficient (Wildman–Crippen LogP) is 13.7. The summed E-state index contributed by atoms with van der Waals surface area (Å²) in [6.45, 7) is 2.75. The second-order valence-electron chi connectivity index (χ2n) is 14.3. The van der Waals surface area contributed by atoms with Gasteiger partial charge in [-0.1, -0.05) is 176 Å². The van der Waals surface area contributed by atoms with Gasteiger partial charge < -0.3 is 4.42 Å². The Balaban J connectivity index is 1.08. The van der Waals surface area contributed by atoms with Crippen LogP contribution in [-0.4, -0.2) is 5.71 Å². The van der Waals surface area contributed by atoms with E-state index in [1.165, 1.54) is 49.0 Å². The standard InChI is InChI=1S/C52H38N2O/c1-34(36-14-4-2-5-15-36)54-52(53-33-35-26-28-38(29-27-35)37-16-6-3-7-17-37)47-24-13-25-49-50(47)46-23-12-22-40(51(46)55-49)39-30-31-45-43-20-9-8-18-41(43)42-19-10-11-21-44(42)48(45)32-39/h2-32,52-53H,33H2,1H3. The summed E-state index contributed by atoms with van der Waals surface area (Å²) < 4.78 is 6.83. The van der Waals surface area contributed by atoms with Crippen molar-refractivity contribution in [3.8, 4) is 22.3 Å². The SMILES string of the molecule is CC(=NC(NCc1ccc(-c2ccccc2)cc1)c1cccc2oc3c(-c4ccc5c6ccccc6c6ccccc6c5c4)cccc3c12)c1ccccc1. The summed E-state index contributed by atoms with van der Waals surface area (Å²) in [7, 11) is 0. The lowest BCUT2D eigenvalue weighted by atomic mass is 9.91. The highest BCUT2D eigenvalue weighted by atomic mass is 16.3. The van der Waals surface area contributed by atoms with Crippen LogP contribution in [0.25, 0.3) is 76.5 Å². The molecule has 0 amide bonds. The van der Waals surface area contributed by atoms with Crippen LogP contribution in [0.3, 0.4) is 0 Å². The number of hydrogen-bond acceptors (Lipinski definition) is 3. The van der Waals surface area contributed by atoms with E-state index in [0.717, 1.165) is 49.9 Å². The average Bonchev–Trinajstić information content (AvgIpc) is 3.65. The van der Waals surface area contributed by atoms with Gasteiger partial charge in [0, 0.05) is 34.2 Å². The largest absolute Gasteiger partial charge is 0.455 e. The molecule has 0 saturated carbocycles. The molecule has 1 unspecified atom stereocenters. The number of nitrogens with zero attached hydrogens (tertiary/aromatic N) is 1. The molecule has 1 atom stereocenters. The molecule has 3 nitrogen and oxygen atoms in total. The van der Waals surface area contributed by atoms with Crippen LogP contribution in [0.2, 0.25) is 0 Å². The number of furan rings is 1. The van der Waals surface area contributed by atoms with Gasteiger partial charge in [-0.3, -0.25) is 10.3 Å². The molecule has 10 aromatic rings. The lowest BCUT2D eigenvalue weighted by Gasteiger charge is -2.18. The first-order valence-corrected chi connectivity index (χ1v) is 18.9. The first kappa shape index (κ1) is 32.8. The molecule has 10 rings (SSSR count). The Morgan fingerprint density at radius 2 is 1.07 bits per heavy atom. The van der Waals surface area contributed by atoms with Crippen molar-refractivity contribution in [1.29, 1.82) is 0 Å². The fourth-order valence-electron chi connectivity index (χ4n) is 8.24. The maximum atomic E-state index is 6.83. The highest BCUT2D eigenvalue weighted by molar-refractivity contribution is 6.26. The van der Waals surface area contributed by atoms with Gasteiger partial charge in [-0.2, -0.15) is 0 Å². The molecule has 0 bridgehead atoms. The Bertz CT molecular complexity index is 3000. The van der Waals surface area contributed by atoms with Gasteiger partial charge in [0.15, 0.2) is 0 Å². The average molecular weight is 707 g/mol. The maximum Gasteiger partial charge on any atom is 0.143 e. The maximum absolute atomic E-state index is 6.83. The Morgan fingerprint density at radius 3 is 1.78 bits per heavy atom. The molecule has 0 saturated heterocycles. The lowest BCUT2D eigenvalue weighted by molar-refractivity contribution is 0.557. The fraction of sp³-hybridized carbons (Fsp3) is 0.0577. The van der Waals surface area contributed by atoms with E-state index in [-0.39, 0.29) is 6.17 Å². The highest BCUT2D eigenvalue weighted by Gasteiger charge is 2.21. The van der Waals surface area contributed by atoms with Crippen LogP contribution in [0.15, 0.2) is 197 Å². The Morgan fingerprint density at radius 1 is 0.509 bits per heavy atom. The van der Waals surface area contributed by atoms with Crippen LogP contribution in [0.1, 0.15) is 29.8 Å². The summed E-state index contributed by atoms with van der Waals surface area (Å²) >= 11 is 0. The van der Waals surface area contributed by atoms with Crippen molar-refractivity contribution < 1.29 is 4.42 Å². The molecule has 0 radical (unpaired) electrons. The molecular weight excluding hydrogens is 669 g/mol. The molecule has 0 aliphatic rings. The molecule has 0 fully saturated rings. The van der Waals surface area contributed by atoms with E-state index in [1.807, 2.05) is 6.07 Å². The fourth-order valence-corrected chi connectivity index (χ4v) is 8.24. The van der Waals surface area contributed by atoms with Gasteiger partial charge in [0.2, 0.25) is 0 Å². The molecule has 3 heteroatoms. The van der Waals surface area contributed by atoms with E-state index in [9.17, 15) is 0 Å². The normalized spacial score (nSPS) is 12.6. The van der Waals surface area contributed by atoms with Gasteiger partial charge in [0.25, 0.3) is 0 Å². The smallest absolute Gasteiger partial charge is 0.143 e. The topological polar surface area (TPSA) is 37.5 Å². The summed E-state index contributed by atoms with van der Waals surface area (Å²) in [4.78, 5) is 5.37. The van der Waals surface area contributed by atoms with E-state index in [2.05, 4.69) is 194 Å². The lowest BCUT2D eigenvalue weighted by Crippen LogP contribution is -2.21. The number of rotatable bonds is 8. The summed E-state index contributed by atoms with van der Waals surface area (Å²) in [6.07, 6.45) is -0.317. The number of hydrogen-bond donors (Lipinski definition) is 1. The van der Waals surface area contributed by atoms with Gasteiger partial charge >= 0.3 is 0 Å². The first-order valence-electron chi connectivity index (χ1n) is 18.9. The number of fused-ring (bicyclic) bond motifs is 9. The van der Waals surface area contributed by atoms with Gasteiger partial charge in [-0.05, 0) is 79.2 Å². The Kier molecular flexibility index (Phi) is 8.28. The summed E-state index contributed by atoms with van der Waals surface area (Å²) in [6, 6.07) is 66.9. The van der Waals surface area contributed by atoms with Crippen LogP contribution in [0, 0.1) is 0 Å². The zero-order valence-electron chi connectivity index (χ0n) is 30.5. The van der Waals surface area contributed by atoms with Crippen LogP contribution in [0.5, 0.6) is 0 Å². The van der Waals surface area contributed by atoms with Crippen molar-refractivity contribution in [2.75, 3.05) is 0 Å².